The topological polar surface area (TPSA) is 24.9 Å². The van der Waals surface area contributed by atoms with Gasteiger partial charge in [0.2, 0.25) is 0 Å². The van der Waals surface area contributed by atoms with Crippen LogP contribution in [0.25, 0.3) is 0 Å². The number of nitrogens with zero attached hydrogens (tertiary/aromatic N) is 1. The van der Waals surface area contributed by atoms with Crippen molar-refractivity contribution < 1.29 is 0 Å². The summed E-state index contributed by atoms with van der Waals surface area (Å²) in [7, 11) is 0. The van der Waals surface area contributed by atoms with Crippen molar-refractivity contribution in [3.05, 3.63) is 59.4 Å². The predicted octanol–water partition coefficient (Wildman–Crippen LogP) is 4.13. The average molecular weight is 240 g/mol. The van der Waals surface area contributed by atoms with Crippen LogP contribution in [-0.2, 0) is 6.54 Å². The number of nitrogens with one attached hydrogen (secondary N) is 1. The number of hydrogen-bond acceptors (Lipinski definition) is 2. The van der Waals surface area contributed by atoms with Crippen molar-refractivity contribution >= 4 is 5.69 Å². The first kappa shape index (κ1) is 12.6. The van der Waals surface area contributed by atoms with Gasteiger partial charge < -0.3 is 5.32 Å². The molecular formula is C16H20N2. The van der Waals surface area contributed by atoms with Crippen LogP contribution in [0.4, 0.5) is 5.69 Å². The molecule has 0 bridgehead atoms. The fourth-order valence-corrected chi connectivity index (χ4v) is 1.89. The SMILES string of the molecule is Cc1ccncc1CNc1cccc(C(C)C)c1. The van der Waals surface area contributed by atoms with Crippen molar-refractivity contribution in [3.8, 4) is 0 Å². The molecule has 2 aromatic rings. The molecule has 0 amide bonds. The molecule has 0 radical (unpaired) electrons. The third-order valence-corrected chi connectivity index (χ3v) is 3.18. The molecule has 1 heterocycles. The molecular weight excluding hydrogens is 220 g/mol. The van der Waals surface area contributed by atoms with E-state index in [1.165, 1.54) is 22.4 Å². The zero-order valence-corrected chi connectivity index (χ0v) is 11.3. The second-order valence-corrected chi connectivity index (χ2v) is 4.94. The molecule has 0 saturated carbocycles. The van der Waals surface area contributed by atoms with Gasteiger partial charge in [-0.15, -0.1) is 0 Å². The van der Waals surface area contributed by atoms with Crippen molar-refractivity contribution in [2.75, 3.05) is 5.32 Å². The minimum Gasteiger partial charge on any atom is -0.381 e. The van der Waals surface area contributed by atoms with Crippen LogP contribution in [0.15, 0.2) is 42.7 Å². The number of pyridine rings is 1. The average Bonchev–Trinajstić information content (AvgIpc) is 2.38. The van der Waals surface area contributed by atoms with Gasteiger partial charge in [-0.25, -0.2) is 0 Å². The highest BCUT2D eigenvalue weighted by atomic mass is 14.9. The third kappa shape index (κ3) is 3.10. The van der Waals surface area contributed by atoms with Gasteiger partial charge >= 0.3 is 0 Å². The van der Waals surface area contributed by atoms with E-state index in [4.69, 9.17) is 0 Å². The number of anilines is 1. The predicted molar refractivity (Wildman–Crippen MR) is 76.8 cm³/mol. The minimum absolute atomic E-state index is 0.562. The van der Waals surface area contributed by atoms with Crippen LogP contribution < -0.4 is 5.32 Å². The largest absolute Gasteiger partial charge is 0.381 e. The van der Waals surface area contributed by atoms with Crippen LogP contribution in [0, 0.1) is 6.92 Å². The molecule has 0 aliphatic heterocycles. The molecule has 2 rings (SSSR count). The fourth-order valence-electron chi connectivity index (χ4n) is 1.89. The number of aromatic nitrogens is 1. The molecule has 0 aliphatic rings. The summed E-state index contributed by atoms with van der Waals surface area (Å²) in [6.07, 6.45) is 3.76. The lowest BCUT2D eigenvalue weighted by molar-refractivity contribution is 0.866. The highest BCUT2D eigenvalue weighted by Gasteiger charge is 2.01. The fraction of sp³-hybridized carbons (Fsp3) is 0.312. The van der Waals surface area contributed by atoms with Gasteiger partial charge in [-0.05, 0) is 47.7 Å². The summed E-state index contributed by atoms with van der Waals surface area (Å²) in [5.74, 6) is 0.562. The molecule has 0 fully saturated rings. The Morgan fingerprint density at radius 1 is 1.22 bits per heavy atom. The Bertz CT molecular complexity index is 518. The second-order valence-electron chi connectivity index (χ2n) is 4.94. The highest BCUT2D eigenvalue weighted by molar-refractivity contribution is 5.47. The van der Waals surface area contributed by atoms with E-state index in [9.17, 15) is 0 Å². The van der Waals surface area contributed by atoms with Gasteiger partial charge in [0.25, 0.3) is 0 Å². The van der Waals surface area contributed by atoms with Gasteiger partial charge in [0, 0.05) is 24.6 Å². The Hall–Kier alpha value is -1.83. The van der Waals surface area contributed by atoms with Crippen molar-refractivity contribution in [1.82, 2.24) is 4.98 Å². The minimum atomic E-state index is 0.562. The molecule has 0 atom stereocenters. The van der Waals surface area contributed by atoms with Gasteiger partial charge in [0.05, 0.1) is 0 Å². The maximum Gasteiger partial charge on any atom is 0.0418 e. The molecule has 18 heavy (non-hydrogen) atoms. The van der Waals surface area contributed by atoms with Crippen LogP contribution in [0.3, 0.4) is 0 Å². The van der Waals surface area contributed by atoms with Crippen LogP contribution in [0.2, 0.25) is 0 Å². The van der Waals surface area contributed by atoms with E-state index in [2.05, 4.69) is 55.3 Å². The maximum absolute atomic E-state index is 4.16. The Labute approximate surface area is 109 Å². The van der Waals surface area contributed by atoms with Gasteiger partial charge in [-0.3, -0.25) is 4.98 Å². The van der Waals surface area contributed by atoms with E-state index < -0.39 is 0 Å². The zero-order valence-electron chi connectivity index (χ0n) is 11.3. The first-order chi connectivity index (χ1) is 8.66. The molecule has 0 aliphatic carbocycles. The van der Waals surface area contributed by atoms with E-state index in [1.54, 1.807) is 0 Å². The molecule has 1 N–H and O–H groups in total. The Morgan fingerprint density at radius 2 is 2.06 bits per heavy atom. The van der Waals surface area contributed by atoms with Crippen molar-refractivity contribution in [2.45, 2.75) is 33.2 Å². The molecule has 0 spiro atoms. The van der Waals surface area contributed by atoms with Gasteiger partial charge in [0.15, 0.2) is 0 Å². The molecule has 2 heteroatoms. The summed E-state index contributed by atoms with van der Waals surface area (Å²) in [4.78, 5) is 4.16. The Kier molecular flexibility index (Phi) is 3.98. The Morgan fingerprint density at radius 3 is 2.78 bits per heavy atom. The Balaban J connectivity index is 2.07. The molecule has 0 saturated heterocycles. The van der Waals surface area contributed by atoms with E-state index in [-0.39, 0.29) is 0 Å². The number of hydrogen-bond donors (Lipinski definition) is 1. The number of benzene rings is 1. The summed E-state index contributed by atoms with van der Waals surface area (Å²) in [6.45, 7) is 7.36. The first-order valence-electron chi connectivity index (χ1n) is 6.40. The summed E-state index contributed by atoms with van der Waals surface area (Å²) in [6, 6.07) is 10.6. The van der Waals surface area contributed by atoms with Gasteiger partial charge in [-0.2, -0.15) is 0 Å². The van der Waals surface area contributed by atoms with Crippen LogP contribution >= 0.6 is 0 Å². The second kappa shape index (κ2) is 5.67. The number of rotatable bonds is 4. The van der Waals surface area contributed by atoms with E-state index >= 15 is 0 Å². The number of aryl methyl sites for hydroxylation is 1. The van der Waals surface area contributed by atoms with Crippen LogP contribution in [0.1, 0.15) is 36.5 Å². The molecule has 1 aromatic carbocycles. The summed E-state index contributed by atoms with van der Waals surface area (Å²) < 4.78 is 0. The molecule has 1 aromatic heterocycles. The van der Waals surface area contributed by atoms with E-state index in [0.29, 0.717) is 5.92 Å². The van der Waals surface area contributed by atoms with Crippen molar-refractivity contribution in [2.24, 2.45) is 0 Å². The summed E-state index contributed by atoms with van der Waals surface area (Å²) in [5.41, 5.74) is 5.05. The standard InChI is InChI=1S/C16H20N2/c1-12(2)14-5-4-6-16(9-14)18-11-15-10-17-8-7-13(15)3/h4-10,12,18H,11H2,1-3H3. The summed E-state index contributed by atoms with van der Waals surface area (Å²) in [5, 5.41) is 3.46. The van der Waals surface area contributed by atoms with Crippen molar-refractivity contribution in [3.63, 3.8) is 0 Å². The van der Waals surface area contributed by atoms with E-state index in [1.807, 2.05) is 18.5 Å². The van der Waals surface area contributed by atoms with Crippen LogP contribution in [-0.4, -0.2) is 4.98 Å². The van der Waals surface area contributed by atoms with Gasteiger partial charge in [-0.1, -0.05) is 26.0 Å². The van der Waals surface area contributed by atoms with Gasteiger partial charge in [0.1, 0.15) is 0 Å². The molecule has 94 valence electrons. The molecule has 2 nitrogen and oxygen atoms in total. The lowest BCUT2D eigenvalue weighted by Gasteiger charge is -2.11. The quantitative estimate of drug-likeness (QED) is 0.869. The maximum atomic E-state index is 4.16. The zero-order chi connectivity index (χ0) is 13.0. The lowest BCUT2D eigenvalue weighted by Crippen LogP contribution is -2.02. The third-order valence-electron chi connectivity index (χ3n) is 3.18. The van der Waals surface area contributed by atoms with E-state index in [0.717, 1.165) is 6.54 Å². The first-order valence-corrected chi connectivity index (χ1v) is 6.40. The monoisotopic (exact) mass is 240 g/mol. The normalized spacial score (nSPS) is 10.7. The van der Waals surface area contributed by atoms with Crippen LogP contribution in [0.5, 0.6) is 0 Å². The lowest BCUT2D eigenvalue weighted by atomic mass is 10.0. The molecule has 0 unspecified atom stereocenters. The smallest absolute Gasteiger partial charge is 0.0418 e. The summed E-state index contributed by atoms with van der Waals surface area (Å²) >= 11 is 0. The van der Waals surface area contributed by atoms with Crippen molar-refractivity contribution in [1.29, 1.82) is 0 Å². The highest BCUT2D eigenvalue weighted by Crippen LogP contribution is 2.19.